The molecule has 17 heavy (non-hydrogen) atoms. The van der Waals surface area contributed by atoms with Crippen molar-refractivity contribution in [1.82, 2.24) is 9.66 Å². The lowest BCUT2D eigenvalue weighted by Crippen LogP contribution is -2.27. The molecule has 0 radical (unpaired) electrons. The summed E-state index contributed by atoms with van der Waals surface area (Å²) in [5.74, 6) is 0. The number of hydrogen-bond acceptors (Lipinski definition) is 3. The number of H-pyrrole nitrogens is 1. The van der Waals surface area contributed by atoms with Crippen molar-refractivity contribution < 1.29 is 0 Å². The van der Waals surface area contributed by atoms with Crippen molar-refractivity contribution in [2.75, 3.05) is 0 Å². The van der Waals surface area contributed by atoms with E-state index in [0.29, 0.717) is 0 Å². The van der Waals surface area contributed by atoms with Gasteiger partial charge in [0.15, 0.2) is 0 Å². The van der Waals surface area contributed by atoms with Crippen LogP contribution >= 0.6 is 11.6 Å². The zero-order chi connectivity index (χ0) is 12.3. The van der Waals surface area contributed by atoms with E-state index in [1.165, 1.54) is 12.4 Å². The molecule has 2 aromatic rings. The van der Waals surface area contributed by atoms with Crippen LogP contribution in [-0.4, -0.2) is 15.9 Å². The van der Waals surface area contributed by atoms with E-state index in [2.05, 4.69) is 5.10 Å². The predicted octanol–water partition coefficient (Wildman–Crippen LogP) is 1.07. The molecule has 1 aromatic heterocycles. The van der Waals surface area contributed by atoms with Crippen LogP contribution in [0, 0.1) is 0 Å². The van der Waals surface area contributed by atoms with E-state index in [9.17, 15) is 9.59 Å². The van der Waals surface area contributed by atoms with Gasteiger partial charge in [0.2, 0.25) is 0 Å². The summed E-state index contributed by atoms with van der Waals surface area (Å²) >= 11 is 5.59. The van der Waals surface area contributed by atoms with Crippen LogP contribution < -0.4 is 11.2 Å². The first-order valence-corrected chi connectivity index (χ1v) is 5.15. The summed E-state index contributed by atoms with van der Waals surface area (Å²) < 4.78 is 0.969. The molecule has 0 saturated heterocycles. The van der Waals surface area contributed by atoms with Crippen molar-refractivity contribution in [1.29, 1.82) is 0 Å². The molecule has 0 aliphatic heterocycles. The molecule has 0 fully saturated rings. The van der Waals surface area contributed by atoms with Gasteiger partial charge in [-0.05, 0) is 5.56 Å². The van der Waals surface area contributed by atoms with Gasteiger partial charge in [0.1, 0.15) is 5.02 Å². The monoisotopic (exact) mass is 249 g/mol. The van der Waals surface area contributed by atoms with E-state index in [-0.39, 0.29) is 5.02 Å². The zero-order valence-corrected chi connectivity index (χ0v) is 9.39. The standard InChI is InChI=1S/C11H8ClN3O2/c12-9-7-15(11(17)14-10(9)16)13-6-8-4-2-1-3-5-8/h1-7H,(H,14,16,17)/b13-6+. The molecule has 5 nitrogen and oxygen atoms in total. The third kappa shape index (κ3) is 2.70. The first-order chi connectivity index (χ1) is 8.16. The number of aromatic amines is 1. The maximum absolute atomic E-state index is 11.3. The highest BCUT2D eigenvalue weighted by Gasteiger charge is 1.99. The molecule has 0 spiro atoms. The number of nitrogens with zero attached hydrogens (tertiary/aromatic N) is 2. The van der Waals surface area contributed by atoms with Gasteiger partial charge in [-0.15, -0.1) is 0 Å². The van der Waals surface area contributed by atoms with Crippen LogP contribution in [0.1, 0.15) is 5.56 Å². The number of rotatable bonds is 2. The van der Waals surface area contributed by atoms with Crippen LogP contribution in [0.4, 0.5) is 0 Å². The third-order valence-electron chi connectivity index (χ3n) is 2.01. The second-order valence-electron chi connectivity index (χ2n) is 3.24. The summed E-state index contributed by atoms with van der Waals surface area (Å²) in [6.45, 7) is 0. The Morgan fingerprint density at radius 2 is 1.94 bits per heavy atom. The molecule has 0 aliphatic rings. The van der Waals surface area contributed by atoms with Gasteiger partial charge in [-0.3, -0.25) is 9.78 Å². The number of halogens is 1. The number of nitrogens with one attached hydrogen (secondary N) is 1. The highest BCUT2D eigenvalue weighted by atomic mass is 35.5. The van der Waals surface area contributed by atoms with Crippen molar-refractivity contribution >= 4 is 17.8 Å². The van der Waals surface area contributed by atoms with Gasteiger partial charge in [-0.25, -0.2) is 4.79 Å². The fourth-order valence-electron chi connectivity index (χ4n) is 1.19. The Bertz CT molecular complexity index is 658. The van der Waals surface area contributed by atoms with Gasteiger partial charge in [0.05, 0.1) is 12.4 Å². The Labute approximate surface area is 101 Å². The third-order valence-corrected chi connectivity index (χ3v) is 2.28. The molecule has 6 heteroatoms. The number of hydrogen-bond donors (Lipinski definition) is 1. The topological polar surface area (TPSA) is 67.2 Å². The number of aromatic nitrogens is 2. The normalized spacial score (nSPS) is 10.9. The minimum Gasteiger partial charge on any atom is -0.271 e. The Kier molecular flexibility index (Phi) is 3.20. The number of benzene rings is 1. The molecule has 1 N–H and O–H groups in total. The van der Waals surface area contributed by atoms with E-state index < -0.39 is 11.2 Å². The molecule has 0 aliphatic carbocycles. The molecular weight excluding hydrogens is 242 g/mol. The van der Waals surface area contributed by atoms with Gasteiger partial charge in [-0.2, -0.15) is 9.78 Å². The summed E-state index contributed by atoms with van der Waals surface area (Å²) in [6.07, 6.45) is 2.66. The van der Waals surface area contributed by atoms with Crippen molar-refractivity contribution in [3.05, 3.63) is 68.0 Å². The largest absolute Gasteiger partial charge is 0.349 e. The predicted molar refractivity (Wildman–Crippen MR) is 65.8 cm³/mol. The molecule has 0 atom stereocenters. The van der Waals surface area contributed by atoms with E-state index in [4.69, 9.17) is 11.6 Å². The fraction of sp³-hybridized carbons (Fsp3) is 0. The minimum absolute atomic E-state index is 0.0881. The molecule has 86 valence electrons. The molecule has 1 aromatic carbocycles. The van der Waals surface area contributed by atoms with E-state index >= 15 is 0 Å². The van der Waals surface area contributed by atoms with Crippen molar-refractivity contribution in [3.8, 4) is 0 Å². The summed E-state index contributed by atoms with van der Waals surface area (Å²) in [5.41, 5.74) is -0.420. The summed E-state index contributed by atoms with van der Waals surface area (Å²) in [5, 5.41) is 3.81. The molecule has 0 bridgehead atoms. The first kappa shape index (κ1) is 11.3. The van der Waals surface area contributed by atoms with Crippen LogP contribution in [0.15, 0.2) is 51.2 Å². The summed E-state index contributed by atoms with van der Waals surface area (Å²) in [7, 11) is 0. The lowest BCUT2D eigenvalue weighted by molar-refractivity contribution is 0.778. The summed E-state index contributed by atoms with van der Waals surface area (Å²) in [4.78, 5) is 24.4. The van der Waals surface area contributed by atoms with Crippen LogP contribution in [0.5, 0.6) is 0 Å². The maximum Gasteiger partial charge on any atom is 0.349 e. The van der Waals surface area contributed by atoms with Crippen molar-refractivity contribution in [2.45, 2.75) is 0 Å². The van der Waals surface area contributed by atoms with E-state index in [0.717, 1.165) is 10.2 Å². The molecule has 0 saturated carbocycles. The smallest absolute Gasteiger partial charge is 0.271 e. The van der Waals surface area contributed by atoms with Crippen LogP contribution in [0.3, 0.4) is 0 Å². The van der Waals surface area contributed by atoms with Gasteiger partial charge in [-0.1, -0.05) is 41.9 Å². The zero-order valence-electron chi connectivity index (χ0n) is 8.63. The van der Waals surface area contributed by atoms with Gasteiger partial charge < -0.3 is 0 Å². The highest BCUT2D eigenvalue weighted by Crippen LogP contribution is 1.97. The molecular formula is C11H8ClN3O2. The van der Waals surface area contributed by atoms with Gasteiger partial charge in [0.25, 0.3) is 5.56 Å². The lowest BCUT2D eigenvalue weighted by Gasteiger charge is -1.97. The van der Waals surface area contributed by atoms with Gasteiger partial charge in [0, 0.05) is 0 Å². The lowest BCUT2D eigenvalue weighted by atomic mass is 10.2. The Morgan fingerprint density at radius 3 is 2.65 bits per heavy atom. The van der Waals surface area contributed by atoms with E-state index in [1.54, 1.807) is 0 Å². The Balaban J connectivity index is 2.37. The quantitative estimate of drug-likeness (QED) is 0.809. The molecule has 1 heterocycles. The Morgan fingerprint density at radius 1 is 1.24 bits per heavy atom. The minimum atomic E-state index is -0.633. The van der Waals surface area contributed by atoms with Crippen molar-refractivity contribution in [3.63, 3.8) is 0 Å². The Hall–Kier alpha value is -2.14. The highest BCUT2D eigenvalue weighted by molar-refractivity contribution is 6.30. The maximum atomic E-state index is 11.3. The molecule has 0 unspecified atom stereocenters. The van der Waals surface area contributed by atoms with E-state index in [1.807, 2.05) is 35.3 Å². The second kappa shape index (κ2) is 4.80. The van der Waals surface area contributed by atoms with Gasteiger partial charge >= 0.3 is 5.69 Å². The molecule has 2 rings (SSSR count). The summed E-state index contributed by atoms with van der Waals surface area (Å²) in [6, 6.07) is 9.25. The average molecular weight is 250 g/mol. The van der Waals surface area contributed by atoms with Crippen LogP contribution in [-0.2, 0) is 0 Å². The average Bonchev–Trinajstić information content (AvgIpc) is 2.33. The van der Waals surface area contributed by atoms with Crippen LogP contribution in [0.2, 0.25) is 5.02 Å². The first-order valence-electron chi connectivity index (χ1n) is 4.78. The second-order valence-corrected chi connectivity index (χ2v) is 3.64. The fourth-order valence-corrected chi connectivity index (χ4v) is 1.33. The van der Waals surface area contributed by atoms with Crippen molar-refractivity contribution in [2.24, 2.45) is 5.10 Å². The molecule has 0 amide bonds. The van der Waals surface area contributed by atoms with Crippen LogP contribution in [0.25, 0.3) is 0 Å². The SMILES string of the molecule is O=c1[nH]c(=O)n(/N=C/c2ccccc2)cc1Cl.